The number of hydrogen-bond donors (Lipinski definition) is 0. The lowest BCUT2D eigenvalue weighted by molar-refractivity contribution is 0.104. The first-order chi connectivity index (χ1) is 11.2. The minimum atomic E-state index is 0.0782. The van der Waals surface area contributed by atoms with Gasteiger partial charge in [0.15, 0.2) is 5.78 Å². The lowest BCUT2D eigenvalue weighted by Crippen LogP contribution is -2.28. The topological polar surface area (TPSA) is 20.3 Å². The van der Waals surface area contributed by atoms with Crippen LogP contribution in [0.4, 0.5) is 0 Å². The maximum atomic E-state index is 12.7. The number of ketones is 1. The average molecular weight is 305 g/mol. The van der Waals surface area contributed by atoms with Crippen LogP contribution in [0.15, 0.2) is 60.7 Å². The molecule has 2 aromatic rings. The van der Waals surface area contributed by atoms with Gasteiger partial charge in [0.2, 0.25) is 0 Å². The molecule has 1 saturated heterocycles. The highest BCUT2D eigenvalue weighted by molar-refractivity contribution is 6.08. The molecule has 0 bridgehead atoms. The molecule has 1 aliphatic rings. The lowest BCUT2D eigenvalue weighted by atomic mass is 10.0. The van der Waals surface area contributed by atoms with Crippen molar-refractivity contribution >= 4 is 11.5 Å². The van der Waals surface area contributed by atoms with Gasteiger partial charge in [0.05, 0.1) is 0 Å². The fourth-order valence-corrected chi connectivity index (χ4v) is 3.03. The van der Waals surface area contributed by atoms with Gasteiger partial charge in [0, 0.05) is 30.4 Å². The number of piperidine rings is 1. The zero-order valence-corrected chi connectivity index (χ0v) is 13.7. The predicted octanol–water partition coefficient (Wildman–Crippen LogP) is 4.70. The molecule has 0 saturated carbocycles. The summed E-state index contributed by atoms with van der Waals surface area (Å²) in [5.41, 5.74) is 4.09. The van der Waals surface area contributed by atoms with Crippen molar-refractivity contribution in [2.45, 2.75) is 26.2 Å². The summed E-state index contributed by atoms with van der Waals surface area (Å²) >= 11 is 0. The molecule has 0 aliphatic carbocycles. The van der Waals surface area contributed by atoms with Gasteiger partial charge in [-0.05, 0) is 31.7 Å². The number of carbonyl (C=O) groups is 1. The quantitative estimate of drug-likeness (QED) is 0.602. The predicted molar refractivity (Wildman–Crippen MR) is 95.4 cm³/mol. The number of carbonyl (C=O) groups excluding carboxylic acids is 1. The van der Waals surface area contributed by atoms with Crippen LogP contribution in [0, 0.1) is 6.92 Å². The molecular weight excluding hydrogens is 282 g/mol. The maximum Gasteiger partial charge on any atom is 0.187 e. The highest BCUT2D eigenvalue weighted by atomic mass is 16.1. The maximum absolute atomic E-state index is 12.7. The lowest BCUT2D eigenvalue weighted by Gasteiger charge is -2.31. The van der Waals surface area contributed by atoms with Gasteiger partial charge in [-0.25, -0.2) is 0 Å². The second-order valence-electron chi connectivity index (χ2n) is 6.17. The van der Waals surface area contributed by atoms with E-state index in [0.29, 0.717) is 0 Å². The summed E-state index contributed by atoms with van der Waals surface area (Å²) in [5.74, 6) is 0.0782. The van der Waals surface area contributed by atoms with Gasteiger partial charge in [0.1, 0.15) is 0 Å². The van der Waals surface area contributed by atoms with Gasteiger partial charge >= 0.3 is 0 Å². The zero-order chi connectivity index (χ0) is 16.1. The van der Waals surface area contributed by atoms with E-state index in [0.717, 1.165) is 29.9 Å². The van der Waals surface area contributed by atoms with Gasteiger partial charge in [-0.2, -0.15) is 0 Å². The van der Waals surface area contributed by atoms with Crippen LogP contribution in [0.5, 0.6) is 0 Å². The van der Waals surface area contributed by atoms with Crippen LogP contribution in [0.3, 0.4) is 0 Å². The van der Waals surface area contributed by atoms with Crippen molar-refractivity contribution < 1.29 is 4.79 Å². The van der Waals surface area contributed by atoms with Crippen molar-refractivity contribution in [1.82, 2.24) is 4.90 Å². The third-order valence-corrected chi connectivity index (χ3v) is 4.37. The van der Waals surface area contributed by atoms with Crippen molar-refractivity contribution in [3.8, 4) is 0 Å². The zero-order valence-electron chi connectivity index (χ0n) is 13.7. The molecule has 1 heterocycles. The van der Waals surface area contributed by atoms with Gasteiger partial charge in [-0.15, -0.1) is 0 Å². The van der Waals surface area contributed by atoms with E-state index in [9.17, 15) is 4.79 Å². The Morgan fingerprint density at radius 2 is 1.52 bits per heavy atom. The monoisotopic (exact) mass is 305 g/mol. The fraction of sp³-hybridized carbons (Fsp3) is 0.286. The Morgan fingerprint density at radius 3 is 2.17 bits per heavy atom. The molecule has 2 nitrogen and oxygen atoms in total. The minimum Gasteiger partial charge on any atom is -0.371 e. The molecule has 0 unspecified atom stereocenters. The fourth-order valence-electron chi connectivity index (χ4n) is 3.03. The minimum absolute atomic E-state index is 0.0782. The number of rotatable bonds is 4. The van der Waals surface area contributed by atoms with Crippen molar-refractivity contribution in [3.63, 3.8) is 0 Å². The number of allylic oxidation sites excluding steroid dienone is 1. The van der Waals surface area contributed by atoms with Gasteiger partial charge in [-0.1, -0.05) is 60.2 Å². The highest BCUT2D eigenvalue weighted by Gasteiger charge is 2.16. The first kappa shape index (κ1) is 15.5. The summed E-state index contributed by atoms with van der Waals surface area (Å²) in [4.78, 5) is 15.0. The van der Waals surface area contributed by atoms with Crippen molar-refractivity contribution in [3.05, 3.63) is 77.4 Å². The molecule has 3 rings (SSSR count). The van der Waals surface area contributed by atoms with E-state index in [1.165, 1.54) is 24.8 Å². The molecule has 2 aromatic carbocycles. The number of nitrogens with zero attached hydrogens (tertiary/aromatic N) is 1. The van der Waals surface area contributed by atoms with Crippen LogP contribution in [-0.2, 0) is 0 Å². The molecule has 0 radical (unpaired) electrons. The van der Waals surface area contributed by atoms with E-state index in [-0.39, 0.29) is 5.78 Å². The molecule has 1 aliphatic heterocycles. The second-order valence-corrected chi connectivity index (χ2v) is 6.17. The Morgan fingerprint density at radius 1 is 0.870 bits per heavy atom. The van der Waals surface area contributed by atoms with Crippen LogP contribution in [0.25, 0.3) is 5.70 Å². The average Bonchev–Trinajstić information content (AvgIpc) is 2.61. The summed E-state index contributed by atoms with van der Waals surface area (Å²) < 4.78 is 0. The van der Waals surface area contributed by atoms with Gasteiger partial charge < -0.3 is 4.90 Å². The molecule has 0 atom stereocenters. The summed E-state index contributed by atoms with van der Waals surface area (Å²) in [6.07, 6.45) is 5.49. The molecule has 0 N–H and O–H groups in total. The Labute approximate surface area is 138 Å². The van der Waals surface area contributed by atoms with Crippen molar-refractivity contribution in [1.29, 1.82) is 0 Å². The van der Waals surface area contributed by atoms with Crippen LogP contribution in [-0.4, -0.2) is 23.8 Å². The highest BCUT2D eigenvalue weighted by Crippen LogP contribution is 2.24. The Bertz CT molecular complexity index is 680. The first-order valence-corrected chi connectivity index (χ1v) is 8.37. The summed E-state index contributed by atoms with van der Waals surface area (Å²) in [7, 11) is 0. The molecule has 0 spiro atoms. The Hall–Kier alpha value is -2.35. The standard InChI is InChI=1S/C21H23NO/c1-17-10-12-19(13-11-17)21(23)16-20(18-8-4-2-5-9-18)22-14-6-3-7-15-22/h2,4-5,8-13,16H,3,6-7,14-15H2,1H3/b20-16-. The summed E-state index contributed by atoms with van der Waals surface area (Å²) in [5, 5.41) is 0. The number of aryl methyl sites for hydroxylation is 1. The van der Waals surface area contributed by atoms with Crippen molar-refractivity contribution in [2.24, 2.45) is 0 Å². The molecule has 23 heavy (non-hydrogen) atoms. The molecular formula is C21H23NO. The third kappa shape index (κ3) is 3.89. The molecule has 2 heteroatoms. The van der Waals surface area contributed by atoms with Crippen LogP contribution in [0.1, 0.15) is 40.7 Å². The molecule has 0 amide bonds. The van der Waals surface area contributed by atoms with Crippen LogP contribution < -0.4 is 0 Å². The number of hydrogen-bond acceptors (Lipinski definition) is 2. The van der Waals surface area contributed by atoms with Gasteiger partial charge in [-0.3, -0.25) is 4.79 Å². The normalized spacial score (nSPS) is 15.5. The van der Waals surface area contributed by atoms with Crippen LogP contribution >= 0.6 is 0 Å². The Balaban J connectivity index is 1.93. The van der Waals surface area contributed by atoms with E-state index >= 15 is 0 Å². The summed E-state index contributed by atoms with van der Waals surface area (Å²) in [6, 6.07) is 18.0. The number of benzene rings is 2. The second kappa shape index (κ2) is 7.28. The number of likely N-dealkylation sites (tertiary alicyclic amines) is 1. The van der Waals surface area contributed by atoms with Gasteiger partial charge in [0.25, 0.3) is 0 Å². The van der Waals surface area contributed by atoms with E-state index in [1.54, 1.807) is 0 Å². The SMILES string of the molecule is Cc1ccc(C(=O)/C=C(/c2ccccc2)N2CCCCC2)cc1. The van der Waals surface area contributed by atoms with E-state index < -0.39 is 0 Å². The van der Waals surface area contributed by atoms with Crippen LogP contribution in [0.2, 0.25) is 0 Å². The summed E-state index contributed by atoms with van der Waals surface area (Å²) in [6.45, 7) is 4.09. The van der Waals surface area contributed by atoms with E-state index in [2.05, 4.69) is 17.0 Å². The van der Waals surface area contributed by atoms with Crippen molar-refractivity contribution in [2.75, 3.05) is 13.1 Å². The molecule has 1 fully saturated rings. The van der Waals surface area contributed by atoms with E-state index in [4.69, 9.17) is 0 Å². The Kier molecular flexibility index (Phi) is 4.92. The van der Waals surface area contributed by atoms with E-state index in [1.807, 2.05) is 55.5 Å². The third-order valence-electron chi connectivity index (χ3n) is 4.37. The largest absolute Gasteiger partial charge is 0.371 e. The smallest absolute Gasteiger partial charge is 0.187 e. The molecule has 0 aromatic heterocycles. The molecule has 118 valence electrons. The first-order valence-electron chi connectivity index (χ1n) is 8.37.